The van der Waals surface area contributed by atoms with Gasteiger partial charge in [-0.3, -0.25) is 0 Å². The summed E-state index contributed by atoms with van der Waals surface area (Å²) in [6, 6.07) is 4.87. The van der Waals surface area contributed by atoms with E-state index in [1.807, 2.05) is 6.07 Å². The van der Waals surface area contributed by atoms with Crippen molar-refractivity contribution in [2.45, 2.75) is 38.6 Å². The SMILES string of the molecule is CC1CCCC1NCCc1ccc(Cl)s1. The zero-order chi connectivity index (χ0) is 10.7. The van der Waals surface area contributed by atoms with Gasteiger partial charge in [-0.15, -0.1) is 11.3 Å². The molecule has 15 heavy (non-hydrogen) atoms. The van der Waals surface area contributed by atoms with E-state index in [9.17, 15) is 0 Å². The van der Waals surface area contributed by atoms with Crippen LogP contribution in [-0.2, 0) is 6.42 Å². The second kappa shape index (κ2) is 5.33. The molecule has 2 rings (SSSR count). The van der Waals surface area contributed by atoms with Gasteiger partial charge in [-0.2, -0.15) is 0 Å². The average Bonchev–Trinajstić information content (AvgIpc) is 2.77. The molecule has 1 heterocycles. The highest BCUT2D eigenvalue weighted by Crippen LogP contribution is 2.25. The van der Waals surface area contributed by atoms with Crippen LogP contribution in [0.1, 0.15) is 31.1 Å². The molecule has 1 nitrogen and oxygen atoms in total. The molecule has 0 aliphatic heterocycles. The molecule has 1 aliphatic rings. The second-order valence-electron chi connectivity index (χ2n) is 4.42. The fraction of sp³-hybridized carbons (Fsp3) is 0.667. The van der Waals surface area contributed by atoms with E-state index in [1.165, 1.54) is 24.1 Å². The van der Waals surface area contributed by atoms with E-state index in [2.05, 4.69) is 18.3 Å². The van der Waals surface area contributed by atoms with Crippen LogP contribution in [0.2, 0.25) is 4.34 Å². The molecule has 2 unspecified atom stereocenters. The quantitative estimate of drug-likeness (QED) is 0.850. The Kier molecular flexibility index (Phi) is 4.06. The fourth-order valence-corrected chi connectivity index (χ4v) is 3.40. The molecule has 2 atom stereocenters. The van der Waals surface area contributed by atoms with Crippen LogP contribution in [0.5, 0.6) is 0 Å². The Morgan fingerprint density at radius 3 is 2.93 bits per heavy atom. The predicted molar refractivity (Wildman–Crippen MR) is 67.8 cm³/mol. The van der Waals surface area contributed by atoms with Crippen LogP contribution in [0.4, 0.5) is 0 Å². The topological polar surface area (TPSA) is 12.0 Å². The van der Waals surface area contributed by atoms with Gasteiger partial charge in [-0.25, -0.2) is 0 Å². The number of rotatable bonds is 4. The van der Waals surface area contributed by atoms with Gasteiger partial charge in [0.05, 0.1) is 4.34 Å². The lowest BCUT2D eigenvalue weighted by Gasteiger charge is -2.16. The minimum atomic E-state index is 0.750. The maximum Gasteiger partial charge on any atom is 0.0931 e. The minimum Gasteiger partial charge on any atom is -0.313 e. The Balaban J connectivity index is 1.70. The molecule has 1 aromatic heterocycles. The highest BCUT2D eigenvalue weighted by Gasteiger charge is 2.22. The van der Waals surface area contributed by atoms with Crippen molar-refractivity contribution in [3.8, 4) is 0 Å². The van der Waals surface area contributed by atoms with Crippen molar-refractivity contribution in [1.82, 2.24) is 5.32 Å². The Morgan fingerprint density at radius 1 is 1.47 bits per heavy atom. The monoisotopic (exact) mass is 243 g/mol. The summed E-state index contributed by atoms with van der Waals surface area (Å²) in [4.78, 5) is 1.39. The fourth-order valence-electron chi connectivity index (χ4n) is 2.32. The van der Waals surface area contributed by atoms with Gasteiger partial charge in [-0.1, -0.05) is 24.9 Å². The first-order valence-electron chi connectivity index (χ1n) is 5.73. The van der Waals surface area contributed by atoms with Crippen LogP contribution >= 0.6 is 22.9 Å². The van der Waals surface area contributed by atoms with E-state index < -0.39 is 0 Å². The number of thiophene rings is 1. The zero-order valence-corrected chi connectivity index (χ0v) is 10.7. The normalized spacial score (nSPS) is 26.0. The maximum atomic E-state index is 5.89. The van der Waals surface area contributed by atoms with Crippen molar-refractivity contribution in [2.24, 2.45) is 5.92 Å². The first-order chi connectivity index (χ1) is 7.25. The van der Waals surface area contributed by atoms with Crippen molar-refractivity contribution in [3.05, 3.63) is 21.3 Å². The number of halogens is 1. The largest absolute Gasteiger partial charge is 0.313 e. The molecule has 84 valence electrons. The summed E-state index contributed by atoms with van der Waals surface area (Å²) in [5.74, 6) is 0.858. The lowest BCUT2D eigenvalue weighted by atomic mass is 10.1. The minimum absolute atomic E-state index is 0.750. The van der Waals surface area contributed by atoms with Gasteiger partial charge in [-0.05, 0) is 37.3 Å². The van der Waals surface area contributed by atoms with Crippen LogP contribution in [0.3, 0.4) is 0 Å². The van der Waals surface area contributed by atoms with E-state index in [-0.39, 0.29) is 0 Å². The molecule has 0 radical (unpaired) electrons. The van der Waals surface area contributed by atoms with E-state index in [4.69, 9.17) is 11.6 Å². The van der Waals surface area contributed by atoms with Crippen LogP contribution < -0.4 is 5.32 Å². The highest BCUT2D eigenvalue weighted by molar-refractivity contribution is 7.16. The first-order valence-corrected chi connectivity index (χ1v) is 6.93. The number of hydrogen-bond acceptors (Lipinski definition) is 2. The molecule has 1 saturated carbocycles. The highest BCUT2D eigenvalue weighted by atomic mass is 35.5. The van der Waals surface area contributed by atoms with Gasteiger partial charge in [0.15, 0.2) is 0 Å². The van der Waals surface area contributed by atoms with Gasteiger partial charge in [0.25, 0.3) is 0 Å². The lowest BCUT2D eigenvalue weighted by molar-refractivity contribution is 0.430. The molecule has 1 aromatic rings. The third-order valence-corrected chi connectivity index (χ3v) is 4.56. The summed E-state index contributed by atoms with van der Waals surface area (Å²) in [6.45, 7) is 3.44. The molecule has 0 amide bonds. The Morgan fingerprint density at radius 2 is 2.33 bits per heavy atom. The smallest absolute Gasteiger partial charge is 0.0931 e. The summed E-state index contributed by atoms with van der Waals surface area (Å²) in [6.07, 6.45) is 5.25. The van der Waals surface area contributed by atoms with Gasteiger partial charge >= 0.3 is 0 Å². The second-order valence-corrected chi connectivity index (χ2v) is 6.22. The maximum absolute atomic E-state index is 5.89. The lowest BCUT2D eigenvalue weighted by Crippen LogP contribution is -2.32. The van der Waals surface area contributed by atoms with E-state index in [0.29, 0.717) is 0 Å². The Labute approximate surface area is 101 Å². The molecule has 0 bridgehead atoms. The predicted octanol–water partition coefficient (Wildman–Crippen LogP) is 3.72. The molecule has 3 heteroatoms. The van der Waals surface area contributed by atoms with Crippen molar-refractivity contribution in [1.29, 1.82) is 0 Å². The molecule has 1 N–H and O–H groups in total. The molecule has 1 aliphatic carbocycles. The van der Waals surface area contributed by atoms with Crippen molar-refractivity contribution >= 4 is 22.9 Å². The number of hydrogen-bond donors (Lipinski definition) is 1. The molecular weight excluding hydrogens is 226 g/mol. The van der Waals surface area contributed by atoms with Crippen LogP contribution in [0.15, 0.2) is 12.1 Å². The van der Waals surface area contributed by atoms with Crippen LogP contribution in [-0.4, -0.2) is 12.6 Å². The van der Waals surface area contributed by atoms with Gasteiger partial charge in [0, 0.05) is 17.5 Å². The van der Waals surface area contributed by atoms with E-state index in [0.717, 1.165) is 29.3 Å². The summed E-state index contributed by atoms with van der Waals surface area (Å²) >= 11 is 7.58. The molecule has 0 saturated heterocycles. The summed E-state index contributed by atoms with van der Waals surface area (Å²) in [7, 11) is 0. The first kappa shape index (κ1) is 11.4. The van der Waals surface area contributed by atoms with E-state index in [1.54, 1.807) is 11.3 Å². The van der Waals surface area contributed by atoms with Gasteiger partial charge in [0.2, 0.25) is 0 Å². The van der Waals surface area contributed by atoms with Crippen molar-refractivity contribution in [2.75, 3.05) is 6.54 Å². The third kappa shape index (κ3) is 3.20. The number of nitrogens with one attached hydrogen (secondary N) is 1. The third-order valence-electron chi connectivity index (χ3n) is 3.27. The van der Waals surface area contributed by atoms with Crippen molar-refractivity contribution < 1.29 is 0 Å². The summed E-state index contributed by atoms with van der Waals surface area (Å²) < 4.78 is 0.902. The summed E-state index contributed by atoms with van der Waals surface area (Å²) in [5, 5.41) is 3.65. The van der Waals surface area contributed by atoms with Gasteiger partial charge < -0.3 is 5.32 Å². The molecular formula is C12H18ClNS. The average molecular weight is 244 g/mol. The van der Waals surface area contributed by atoms with E-state index >= 15 is 0 Å². The molecule has 0 spiro atoms. The van der Waals surface area contributed by atoms with Gasteiger partial charge in [0.1, 0.15) is 0 Å². The molecule has 1 fully saturated rings. The Hall–Kier alpha value is -0.0500. The Bertz CT molecular complexity index is 310. The van der Waals surface area contributed by atoms with Crippen LogP contribution in [0.25, 0.3) is 0 Å². The standard InChI is InChI=1S/C12H18ClNS/c1-9-3-2-4-11(9)14-8-7-10-5-6-12(13)15-10/h5-6,9,11,14H,2-4,7-8H2,1H3. The zero-order valence-electron chi connectivity index (χ0n) is 9.13. The summed E-state index contributed by atoms with van der Waals surface area (Å²) in [5.41, 5.74) is 0. The molecule has 0 aromatic carbocycles. The van der Waals surface area contributed by atoms with Crippen LogP contribution in [0, 0.1) is 5.92 Å². The van der Waals surface area contributed by atoms with Crippen molar-refractivity contribution in [3.63, 3.8) is 0 Å².